The van der Waals surface area contributed by atoms with Crippen LogP contribution in [0.2, 0.25) is 0 Å². The quantitative estimate of drug-likeness (QED) is 0.382. The summed E-state index contributed by atoms with van der Waals surface area (Å²) in [6.45, 7) is 6.00. The van der Waals surface area contributed by atoms with E-state index in [9.17, 15) is 18.3 Å². The third kappa shape index (κ3) is 9.12. The average molecular weight is 541 g/mol. The average Bonchev–Trinajstić information content (AvgIpc) is 3.58. The van der Waals surface area contributed by atoms with Gasteiger partial charge in [-0.15, -0.1) is 0 Å². The maximum Gasteiger partial charge on any atom is 0.410 e. The zero-order valence-corrected chi connectivity index (χ0v) is 23.3. The van der Waals surface area contributed by atoms with Crippen molar-refractivity contribution in [3.05, 3.63) is 24.3 Å². The largest absolute Gasteiger partial charge is 0.497 e. The first-order chi connectivity index (χ1) is 17.7. The maximum absolute atomic E-state index is 13.4. The molecule has 0 bridgehead atoms. The molecule has 9 nitrogen and oxygen atoms in total. The van der Waals surface area contributed by atoms with E-state index in [1.165, 1.54) is 49.2 Å². The van der Waals surface area contributed by atoms with Gasteiger partial charge in [0.1, 0.15) is 11.9 Å². The van der Waals surface area contributed by atoms with Crippen LogP contribution in [-0.2, 0) is 19.5 Å². The summed E-state index contributed by atoms with van der Waals surface area (Å²) in [6.07, 6.45) is 5.17. The first-order valence-corrected chi connectivity index (χ1v) is 15.0. The molecule has 1 N–H and O–H groups in total. The molecule has 1 heterocycles. The molecule has 2 aliphatic rings. The van der Waals surface area contributed by atoms with Crippen molar-refractivity contribution in [3.63, 3.8) is 0 Å². The van der Waals surface area contributed by atoms with Crippen LogP contribution in [0.25, 0.3) is 0 Å². The molecular weight excluding hydrogens is 496 g/mol. The van der Waals surface area contributed by atoms with E-state index in [4.69, 9.17) is 14.2 Å². The van der Waals surface area contributed by atoms with Gasteiger partial charge in [0.05, 0.1) is 31.3 Å². The molecule has 10 heteroatoms. The molecule has 1 aromatic carbocycles. The van der Waals surface area contributed by atoms with E-state index in [1.54, 1.807) is 17.0 Å². The summed E-state index contributed by atoms with van der Waals surface area (Å²) in [4.78, 5) is 14.8. The Kier molecular flexibility index (Phi) is 11.5. The Morgan fingerprint density at radius 2 is 1.81 bits per heavy atom. The lowest BCUT2D eigenvalue weighted by molar-refractivity contribution is 0.0478. The van der Waals surface area contributed by atoms with Crippen LogP contribution < -0.4 is 4.74 Å². The van der Waals surface area contributed by atoms with Crippen molar-refractivity contribution < 1.29 is 32.5 Å². The molecule has 2 fully saturated rings. The standard InChI is InChI=1S/C27H44N2O7S/c1-21(2)18-29(37(32,33)26-10-8-24(34-3)9-11-26)19-23(30)13-16-28(15-12-22-6-4-5-7-22)27(31)36-25-14-17-35-20-25/h8-11,21-23,25,30H,4-7,12-20H2,1-3H3/t23-,25-/m0/s1. The summed E-state index contributed by atoms with van der Waals surface area (Å²) < 4.78 is 44.2. The molecule has 0 radical (unpaired) electrons. The van der Waals surface area contributed by atoms with Gasteiger partial charge in [0, 0.05) is 32.6 Å². The Bertz CT molecular complexity index is 927. The lowest BCUT2D eigenvalue weighted by atomic mass is 10.0. The first kappa shape index (κ1) is 29.7. The fraction of sp³-hybridized carbons (Fsp3) is 0.741. The number of sulfonamides is 1. The van der Waals surface area contributed by atoms with Crippen LogP contribution in [0, 0.1) is 11.8 Å². The number of carbonyl (C=O) groups is 1. The monoisotopic (exact) mass is 540 g/mol. The van der Waals surface area contributed by atoms with Crippen molar-refractivity contribution >= 4 is 16.1 Å². The summed E-state index contributed by atoms with van der Waals surface area (Å²) in [5.41, 5.74) is 0. The molecular formula is C27H44N2O7S. The number of hydrogen-bond donors (Lipinski definition) is 1. The van der Waals surface area contributed by atoms with Crippen LogP contribution >= 0.6 is 0 Å². The molecule has 37 heavy (non-hydrogen) atoms. The molecule has 0 spiro atoms. The number of hydrogen-bond acceptors (Lipinski definition) is 7. The van der Waals surface area contributed by atoms with Crippen molar-refractivity contribution in [2.75, 3.05) is 46.5 Å². The normalized spacial score (nSPS) is 19.5. The zero-order valence-electron chi connectivity index (χ0n) is 22.5. The zero-order chi connectivity index (χ0) is 26.8. The summed E-state index contributed by atoms with van der Waals surface area (Å²) in [7, 11) is -2.28. The highest BCUT2D eigenvalue weighted by atomic mass is 32.2. The molecule has 1 aromatic rings. The van der Waals surface area contributed by atoms with Crippen molar-refractivity contribution in [2.45, 2.75) is 75.9 Å². The number of rotatable bonds is 14. The van der Waals surface area contributed by atoms with Crippen LogP contribution in [-0.4, -0.2) is 87.5 Å². The van der Waals surface area contributed by atoms with Crippen LogP contribution in [0.3, 0.4) is 0 Å². The molecule has 3 rings (SSSR count). The second-order valence-electron chi connectivity index (χ2n) is 10.6. The SMILES string of the molecule is COc1ccc(S(=O)(=O)N(CC(C)C)C[C@@H](O)CCN(CCC2CCCC2)C(=O)O[C@H]2CCOC2)cc1. The minimum Gasteiger partial charge on any atom is -0.497 e. The Balaban J connectivity index is 1.62. The topological polar surface area (TPSA) is 106 Å². The number of methoxy groups -OCH3 is 1. The highest BCUT2D eigenvalue weighted by Gasteiger charge is 2.29. The van der Waals surface area contributed by atoms with Crippen molar-refractivity contribution in [2.24, 2.45) is 11.8 Å². The van der Waals surface area contributed by atoms with Gasteiger partial charge in [-0.2, -0.15) is 4.31 Å². The molecule has 1 aliphatic carbocycles. The minimum atomic E-state index is -3.81. The van der Waals surface area contributed by atoms with Gasteiger partial charge >= 0.3 is 6.09 Å². The van der Waals surface area contributed by atoms with Crippen LogP contribution in [0.5, 0.6) is 5.75 Å². The van der Waals surface area contributed by atoms with Gasteiger partial charge in [-0.3, -0.25) is 0 Å². The lowest BCUT2D eigenvalue weighted by Crippen LogP contribution is -2.42. The van der Waals surface area contributed by atoms with E-state index in [0.717, 1.165) is 6.42 Å². The highest BCUT2D eigenvalue weighted by Crippen LogP contribution is 2.28. The minimum absolute atomic E-state index is 0.0471. The van der Waals surface area contributed by atoms with Gasteiger partial charge in [0.25, 0.3) is 0 Å². The van der Waals surface area contributed by atoms with E-state index < -0.39 is 16.1 Å². The van der Waals surface area contributed by atoms with Crippen molar-refractivity contribution in [1.29, 1.82) is 0 Å². The maximum atomic E-state index is 13.4. The van der Waals surface area contributed by atoms with E-state index in [-0.39, 0.29) is 42.5 Å². The fourth-order valence-corrected chi connectivity index (χ4v) is 6.60. The fourth-order valence-electron chi connectivity index (χ4n) is 4.96. The molecule has 1 aliphatic heterocycles. The second kappa shape index (κ2) is 14.3. The molecule has 1 saturated carbocycles. The molecule has 1 saturated heterocycles. The van der Waals surface area contributed by atoms with E-state index >= 15 is 0 Å². The predicted molar refractivity (Wildman–Crippen MR) is 141 cm³/mol. The number of amides is 1. The van der Waals surface area contributed by atoms with Gasteiger partial charge in [0.15, 0.2) is 0 Å². The second-order valence-corrected chi connectivity index (χ2v) is 12.6. The molecule has 0 unspecified atom stereocenters. The third-order valence-electron chi connectivity index (χ3n) is 7.11. The van der Waals surface area contributed by atoms with Gasteiger partial charge in [0.2, 0.25) is 10.0 Å². The van der Waals surface area contributed by atoms with Gasteiger partial charge in [-0.25, -0.2) is 13.2 Å². The first-order valence-electron chi connectivity index (χ1n) is 13.5. The molecule has 0 aromatic heterocycles. The van der Waals surface area contributed by atoms with Crippen molar-refractivity contribution in [3.8, 4) is 5.75 Å². The Hall–Kier alpha value is -1.88. The van der Waals surface area contributed by atoms with E-state index in [2.05, 4.69) is 0 Å². The number of nitrogens with zero attached hydrogens (tertiary/aromatic N) is 2. The Labute approximate surface area is 222 Å². The lowest BCUT2D eigenvalue weighted by Gasteiger charge is -2.29. The number of ether oxygens (including phenoxy) is 3. The summed E-state index contributed by atoms with van der Waals surface area (Å²) in [5, 5.41) is 10.9. The van der Waals surface area contributed by atoms with Gasteiger partial charge < -0.3 is 24.2 Å². The summed E-state index contributed by atoms with van der Waals surface area (Å²) in [5.74, 6) is 1.26. The third-order valence-corrected chi connectivity index (χ3v) is 8.95. The number of carbonyl (C=O) groups excluding carboxylic acids is 1. The molecule has 2 atom stereocenters. The van der Waals surface area contributed by atoms with Gasteiger partial charge in [-0.1, -0.05) is 39.5 Å². The smallest absolute Gasteiger partial charge is 0.410 e. The van der Waals surface area contributed by atoms with Crippen LogP contribution in [0.4, 0.5) is 4.79 Å². The van der Waals surface area contributed by atoms with Gasteiger partial charge in [-0.05, 0) is 48.9 Å². The van der Waals surface area contributed by atoms with E-state index in [1.807, 2.05) is 13.8 Å². The molecule has 1 amide bonds. The Morgan fingerprint density at radius 1 is 1.11 bits per heavy atom. The summed E-state index contributed by atoms with van der Waals surface area (Å²) >= 11 is 0. The number of benzene rings is 1. The molecule has 210 valence electrons. The van der Waals surface area contributed by atoms with E-state index in [0.29, 0.717) is 44.4 Å². The highest BCUT2D eigenvalue weighted by molar-refractivity contribution is 7.89. The van der Waals surface area contributed by atoms with Crippen molar-refractivity contribution in [1.82, 2.24) is 9.21 Å². The summed E-state index contributed by atoms with van der Waals surface area (Å²) in [6, 6.07) is 6.25. The number of aliphatic hydroxyl groups is 1. The number of aliphatic hydroxyl groups excluding tert-OH is 1. The Morgan fingerprint density at radius 3 is 2.41 bits per heavy atom. The van der Waals surface area contributed by atoms with Crippen LogP contribution in [0.1, 0.15) is 58.8 Å². The predicted octanol–water partition coefficient (Wildman–Crippen LogP) is 3.90. The van der Waals surface area contributed by atoms with Crippen LogP contribution in [0.15, 0.2) is 29.2 Å².